The van der Waals surface area contributed by atoms with Crippen LogP contribution in [-0.4, -0.2) is 83.3 Å². The first kappa shape index (κ1) is 25.2. The third-order valence-electron chi connectivity index (χ3n) is 4.78. The Morgan fingerprint density at radius 3 is 2.52 bits per heavy atom. The Labute approximate surface area is 181 Å². The van der Waals surface area contributed by atoms with Crippen LogP contribution in [0.3, 0.4) is 0 Å². The van der Waals surface area contributed by atoms with E-state index in [1.165, 1.54) is 0 Å². The summed E-state index contributed by atoms with van der Waals surface area (Å²) in [6.07, 6.45) is -3.84. The van der Waals surface area contributed by atoms with Gasteiger partial charge in [0.05, 0.1) is 32.9 Å². The predicted molar refractivity (Wildman–Crippen MR) is 114 cm³/mol. The molecule has 1 aliphatic heterocycles. The van der Waals surface area contributed by atoms with Crippen molar-refractivity contribution < 1.29 is 27.4 Å². The molecule has 0 amide bonds. The van der Waals surface area contributed by atoms with Gasteiger partial charge in [0, 0.05) is 32.8 Å². The van der Waals surface area contributed by atoms with Gasteiger partial charge in [0.15, 0.2) is 5.96 Å². The van der Waals surface area contributed by atoms with E-state index in [4.69, 9.17) is 14.5 Å². The average Bonchev–Trinajstić information content (AvgIpc) is 2.76. The molecular weight excluding hydrogens is 413 g/mol. The first-order chi connectivity index (χ1) is 14.9. The molecule has 1 heterocycles. The van der Waals surface area contributed by atoms with E-state index in [-0.39, 0.29) is 12.6 Å². The van der Waals surface area contributed by atoms with Crippen molar-refractivity contribution in [2.24, 2.45) is 4.99 Å². The van der Waals surface area contributed by atoms with Gasteiger partial charge in [0.1, 0.15) is 12.4 Å². The number of hydrogen-bond donors (Lipinski definition) is 2. The fourth-order valence-corrected chi connectivity index (χ4v) is 3.24. The van der Waals surface area contributed by atoms with Crippen LogP contribution >= 0.6 is 0 Å². The normalized spacial score (nSPS) is 16.7. The monoisotopic (exact) mass is 446 g/mol. The number of nitrogens with zero attached hydrogens (tertiary/aromatic N) is 2. The number of alkyl halides is 3. The minimum atomic E-state index is -4.29. The molecule has 2 rings (SSSR count). The topological polar surface area (TPSA) is 67.4 Å². The fourth-order valence-electron chi connectivity index (χ4n) is 3.24. The molecule has 2 N–H and O–H groups in total. The molecule has 1 atom stereocenters. The van der Waals surface area contributed by atoms with Gasteiger partial charge in [-0.25, -0.2) is 0 Å². The lowest BCUT2D eigenvalue weighted by atomic mass is 10.0. The molecule has 1 saturated heterocycles. The third kappa shape index (κ3) is 9.75. The highest BCUT2D eigenvalue weighted by Gasteiger charge is 2.27. The lowest BCUT2D eigenvalue weighted by Crippen LogP contribution is -2.42. The van der Waals surface area contributed by atoms with E-state index in [9.17, 15) is 13.2 Å². The van der Waals surface area contributed by atoms with Crippen LogP contribution in [0.2, 0.25) is 0 Å². The Kier molecular flexibility index (Phi) is 10.9. The van der Waals surface area contributed by atoms with E-state index in [1.54, 1.807) is 7.11 Å². The highest BCUT2D eigenvalue weighted by molar-refractivity contribution is 5.79. The van der Waals surface area contributed by atoms with Gasteiger partial charge in [0.2, 0.25) is 0 Å². The quantitative estimate of drug-likeness (QED) is 0.310. The maximum atomic E-state index is 12.1. The first-order valence-corrected chi connectivity index (χ1v) is 10.6. The van der Waals surface area contributed by atoms with Crippen LogP contribution in [0, 0.1) is 0 Å². The van der Waals surface area contributed by atoms with Crippen molar-refractivity contribution in [1.29, 1.82) is 0 Å². The number of benzene rings is 1. The molecular formula is C21H33F3N4O3. The SMILES string of the molecule is CCNC(=NCC(c1ccc(OC)cc1)N1CCOCC1)NCCCOCC(F)(F)F. The lowest BCUT2D eigenvalue weighted by Gasteiger charge is -2.34. The van der Waals surface area contributed by atoms with Crippen LogP contribution in [0.15, 0.2) is 29.3 Å². The van der Waals surface area contributed by atoms with Gasteiger partial charge in [-0.05, 0) is 31.0 Å². The average molecular weight is 447 g/mol. The molecule has 10 heteroatoms. The van der Waals surface area contributed by atoms with Gasteiger partial charge in [-0.3, -0.25) is 9.89 Å². The molecule has 1 fully saturated rings. The lowest BCUT2D eigenvalue weighted by molar-refractivity contribution is -0.173. The summed E-state index contributed by atoms with van der Waals surface area (Å²) in [4.78, 5) is 7.08. The van der Waals surface area contributed by atoms with Gasteiger partial charge >= 0.3 is 6.18 Å². The molecule has 0 spiro atoms. The predicted octanol–water partition coefficient (Wildman–Crippen LogP) is 2.59. The summed E-state index contributed by atoms with van der Waals surface area (Å²) in [6.45, 7) is 5.49. The summed E-state index contributed by atoms with van der Waals surface area (Å²) >= 11 is 0. The summed E-state index contributed by atoms with van der Waals surface area (Å²) < 4.78 is 51.7. The summed E-state index contributed by atoms with van der Waals surface area (Å²) in [7, 11) is 1.64. The van der Waals surface area contributed by atoms with E-state index in [1.807, 2.05) is 31.2 Å². The van der Waals surface area contributed by atoms with Crippen LogP contribution < -0.4 is 15.4 Å². The highest BCUT2D eigenvalue weighted by Crippen LogP contribution is 2.24. The van der Waals surface area contributed by atoms with Crippen LogP contribution in [0.1, 0.15) is 24.9 Å². The van der Waals surface area contributed by atoms with Crippen LogP contribution in [0.5, 0.6) is 5.75 Å². The zero-order chi connectivity index (χ0) is 22.5. The molecule has 1 unspecified atom stereocenters. The second-order valence-electron chi connectivity index (χ2n) is 7.11. The van der Waals surface area contributed by atoms with Crippen molar-refractivity contribution in [2.75, 3.05) is 66.3 Å². The van der Waals surface area contributed by atoms with Crippen molar-refractivity contribution in [3.63, 3.8) is 0 Å². The van der Waals surface area contributed by atoms with Crippen molar-refractivity contribution in [1.82, 2.24) is 15.5 Å². The number of hydrogen-bond acceptors (Lipinski definition) is 5. The molecule has 1 aromatic rings. The van der Waals surface area contributed by atoms with Crippen LogP contribution in [0.4, 0.5) is 13.2 Å². The first-order valence-electron chi connectivity index (χ1n) is 10.6. The smallest absolute Gasteiger partial charge is 0.411 e. The second kappa shape index (κ2) is 13.4. The van der Waals surface area contributed by atoms with Gasteiger partial charge < -0.3 is 24.8 Å². The van der Waals surface area contributed by atoms with Crippen LogP contribution in [0.25, 0.3) is 0 Å². The van der Waals surface area contributed by atoms with Gasteiger partial charge in [0.25, 0.3) is 0 Å². The molecule has 0 saturated carbocycles. The van der Waals surface area contributed by atoms with E-state index >= 15 is 0 Å². The van der Waals surface area contributed by atoms with Crippen molar-refractivity contribution in [3.05, 3.63) is 29.8 Å². The molecule has 176 valence electrons. The Morgan fingerprint density at radius 2 is 1.90 bits per heavy atom. The number of aliphatic imine (C=N–C) groups is 1. The molecule has 31 heavy (non-hydrogen) atoms. The maximum absolute atomic E-state index is 12.1. The van der Waals surface area contributed by atoms with Gasteiger partial charge in [-0.2, -0.15) is 13.2 Å². The van der Waals surface area contributed by atoms with E-state index < -0.39 is 12.8 Å². The van der Waals surface area contributed by atoms with E-state index in [0.717, 1.165) is 24.4 Å². The number of rotatable bonds is 11. The minimum absolute atomic E-state index is 0.0359. The molecule has 0 aliphatic carbocycles. The van der Waals surface area contributed by atoms with Crippen molar-refractivity contribution in [3.8, 4) is 5.75 Å². The molecule has 1 aromatic carbocycles. The standard InChI is InChI=1S/C21H33F3N4O3/c1-3-25-20(26-9-4-12-31-16-21(22,23)24)27-15-19(28-10-13-30-14-11-28)17-5-7-18(29-2)8-6-17/h5-8,19H,3-4,9-16H2,1-2H3,(H2,25,26,27). The zero-order valence-electron chi connectivity index (χ0n) is 18.2. The van der Waals surface area contributed by atoms with Crippen LogP contribution in [-0.2, 0) is 9.47 Å². The number of guanidine groups is 1. The molecule has 7 nitrogen and oxygen atoms in total. The summed E-state index contributed by atoms with van der Waals surface area (Å²) in [6, 6.07) is 8.06. The Morgan fingerprint density at radius 1 is 1.19 bits per heavy atom. The highest BCUT2D eigenvalue weighted by atomic mass is 19.4. The molecule has 0 bridgehead atoms. The molecule has 1 aliphatic rings. The second-order valence-corrected chi connectivity index (χ2v) is 7.11. The number of morpholine rings is 1. The van der Waals surface area contributed by atoms with E-state index in [0.29, 0.717) is 45.2 Å². The Balaban J connectivity index is 1.95. The zero-order valence-corrected chi connectivity index (χ0v) is 18.2. The number of halogens is 3. The minimum Gasteiger partial charge on any atom is -0.497 e. The number of methoxy groups -OCH3 is 1. The van der Waals surface area contributed by atoms with Gasteiger partial charge in [-0.15, -0.1) is 0 Å². The molecule has 0 aromatic heterocycles. The summed E-state index contributed by atoms with van der Waals surface area (Å²) in [5.74, 6) is 1.43. The summed E-state index contributed by atoms with van der Waals surface area (Å²) in [5, 5.41) is 6.34. The number of ether oxygens (including phenoxy) is 3. The maximum Gasteiger partial charge on any atom is 0.411 e. The number of nitrogens with one attached hydrogen (secondary N) is 2. The largest absolute Gasteiger partial charge is 0.497 e. The Bertz CT molecular complexity index is 650. The van der Waals surface area contributed by atoms with E-state index in [2.05, 4.69) is 20.3 Å². The molecule has 0 radical (unpaired) electrons. The third-order valence-corrected chi connectivity index (χ3v) is 4.78. The van der Waals surface area contributed by atoms with Crippen molar-refractivity contribution in [2.45, 2.75) is 25.6 Å². The Hall–Kier alpha value is -2.04. The summed E-state index contributed by atoms with van der Waals surface area (Å²) in [5.41, 5.74) is 1.14. The fraction of sp³-hybridized carbons (Fsp3) is 0.667. The van der Waals surface area contributed by atoms with Crippen molar-refractivity contribution >= 4 is 5.96 Å². The van der Waals surface area contributed by atoms with Gasteiger partial charge in [-0.1, -0.05) is 12.1 Å².